The molecule has 0 spiro atoms. The van der Waals surface area contributed by atoms with E-state index in [0.717, 1.165) is 6.54 Å². The van der Waals surface area contributed by atoms with Crippen molar-refractivity contribution in [3.63, 3.8) is 0 Å². The van der Waals surface area contributed by atoms with E-state index in [1.54, 1.807) is 32.3 Å². The Kier molecular flexibility index (Phi) is 4.85. The fourth-order valence-corrected chi connectivity index (χ4v) is 2.60. The maximum absolute atomic E-state index is 12.2. The Hall–Kier alpha value is -1.59. The molecule has 2 atom stereocenters. The molecule has 0 aromatic heterocycles. The van der Waals surface area contributed by atoms with Crippen LogP contribution in [-0.4, -0.2) is 43.9 Å². The van der Waals surface area contributed by atoms with Crippen LogP contribution in [0.1, 0.15) is 17.3 Å². The molecule has 21 heavy (non-hydrogen) atoms. The van der Waals surface area contributed by atoms with Gasteiger partial charge in [0.1, 0.15) is 0 Å². The van der Waals surface area contributed by atoms with E-state index in [9.17, 15) is 9.59 Å². The highest BCUT2D eigenvalue weighted by Crippen LogP contribution is 2.23. The monoisotopic (exact) mass is 309 g/mol. The smallest absolute Gasteiger partial charge is 0.254 e. The molecular weight excluding hydrogens is 290 g/mol. The number of rotatable bonds is 3. The lowest BCUT2D eigenvalue weighted by Gasteiger charge is -2.16. The second kappa shape index (κ2) is 6.45. The first-order valence-electron chi connectivity index (χ1n) is 6.93. The topological polar surface area (TPSA) is 61.4 Å². The summed E-state index contributed by atoms with van der Waals surface area (Å²) in [4.78, 5) is 25.7. The summed E-state index contributed by atoms with van der Waals surface area (Å²) in [7, 11) is 3.32. The van der Waals surface area contributed by atoms with E-state index in [0.29, 0.717) is 28.7 Å². The van der Waals surface area contributed by atoms with E-state index in [-0.39, 0.29) is 17.7 Å². The van der Waals surface area contributed by atoms with Gasteiger partial charge in [-0.15, -0.1) is 0 Å². The summed E-state index contributed by atoms with van der Waals surface area (Å²) in [6.45, 7) is 3.58. The second-order valence-corrected chi connectivity index (χ2v) is 6.03. The number of hydrogen-bond donors (Lipinski definition) is 2. The van der Waals surface area contributed by atoms with E-state index >= 15 is 0 Å². The molecule has 1 aliphatic heterocycles. The van der Waals surface area contributed by atoms with Crippen molar-refractivity contribution in [1.82, 2.24) is 10.2 Å². The van der Waals surface area contributed by atoms with Crippen molar-refractivity contribution < 1.29 is 9.59 Å². The Labute approximate surface area is 129 Å². The van der Waals surface area contributed by atoms with Crippen molar-refractivity contribution in [1.29, 1.82) is 0 Å². The van der Waals surface area contributed by atoms with Gasteiger partial charge < -0.3 is 15.5 Å². The highest BCUT2D eigenvalue weighted by Gasteiger charge is 2.29. The van der Waals surface area contributed by atoms with Gasteiger partial charge in [0.15, 0.2) is 0 Å². The number of nitrogens with one attached hydrogen (secondary N) is 2. The number of benzene rings is 1. The van der Waals surface area contributed by atoms with Gasteiger partial charge in [-0.05, 0) is 30.7 Å². The van der Waals surface area contributed by atoms with Crippen LogP contribution in [0.4, 0.5) is 5.69 Å². The molecule has 2 N–H and O–H groups in total. The van der Waals surface area contributed by atoms with Crippen LogP contribution < -0.4 is 10.6 Å². The molecule has 0 bridgehead atoms. The Balaban J connectivity index is 2.16. The van der Waals surface area contributed by atoms with E-state index < -0.39 is 0 Å². The van der Waals surface area contributed by atoms with Gasteiger partial charge in [-0.25, -0.2) is 0 Å². The van der Waals surface area contributed by atoms with Gasteiger partial charge in [0.2, 0.25) is 5.91 Å². The second-order valence-electron chi connectivity index (χ2n) is 5.63. The molecule has 114 valence electrons. The van der Waals surface area contributed by atoms with Gasteiger partial charge in [0.25, 0.3) is 5.91 Å². The van der Waals surface area contributed by atoms with Crippen LogP contribution in [0.5, 0.6) is 0 Å². The van der Waals surface area contributed by atoms with E-state index in [2.05, 4.69) is 10.6 Å². The van der Waals surface area contributed by atoms with Crippen LogP contribution in [0.15, 0.2) is 18.2 Å². The third-order valence-corrected chi connectivity index (χ3v) is 4.05. The molecular formula is C15H20ClN3O2. The molecule has 1 saturated heterocycles. The molecule has 0 saturated carbocycles. The van der Waals surface area contributed by atoms with Crippen molar-refractivity contribution in [2.24, 2.45) is 11.8 Å². The van der Waals surface area contributed by atoms with E-state index in [4.69, 9.17) is 11.6 Å². The zero-order valence-corrected chi connectivity index (χ0v) is 13.2. The molecule has 1 aliphatic rings. The minimum Gasteiger partial charge on any atom is -0.345 e. The summed E-state index contributed by atoms with van der Waals surface area (Å²) in [5, 5.41) is 6.44. The Bertz CT molecular complexity index is 560. The molecule has 5 nitrogen and oxygen atoms in total. The van der Waals surface area contributed by atoms with E-state index in [1.807, 2.05) is 6.92 Å². The molecule has 1 aromatic carbocycles. The van der Waals surface area contributed by atoms with Crippen LogP contribution in [0.25, 0.3) is 0 Å². The quantitative estimate of drug-likeness (QED) is 0.895. The van der Waals surface area contributed by atoms with Crippen LogP contribution in [0.2, 0.25) is 5.02 Å². The molecule has 0 radical (unpaired) electrons. The number of nitrogens with zero attached hydrogens (tertiary/aromatic N) is 1. The van der Waals surface area contributed by atoms with Gasteiger partial charge in [-0.2, -0.15) is 0 Å². The Morgan fingerprint density at radius 2 is 2.05 bits per heavy atom. The number of halogens is 1. The summed E-state index contributed by atoms with van der Waals surface area (Å²) >= 11 is 6.05. The van der Waals surface area contributed by atoms with Crippen molar-refractivity contribution in [3.8, 4) is 0 Å². The third-order valence-electron chi connectivity index (χ3n) is 3.72. The number of carbonyl (C=O) groups is 2. The first-order chi connectivity index (χ1) is 9.90. The molecule has 0 aliphatic carbocycles. The third kappa shape index (κ3) is 3.54. The predicted molar refractivity (Wildman–Crippen MR) is 83.6 cm³/mol. The fourth-order valence-electron chi connectivity index (χ4n) is 2.40. The van der Waals surface area contributed by atoms with Crippen molar-refractivity contribution in [2.75, 3.05) is 32.5 Å². The molecule has 1 heterocycles. The predicted octanol–water partition coefficient (Wildman–Crippen LogP) is 1.84. The highest BCUT2D eigenvalue weighted by atomic mass is 35.5. The lowest BCUT2D eigenvalue weighted by atomic mass is 9.97. The summed E-state index contributed by atoms with van der Waals surface area (Å²) in [5.41, 5.74) is 0.978. The van der Waals surface area contributed by atoms with Crippen molar-refractivity contribution >= 4 is 29.1 Å². The maximum atomic E-state index is 12.2. The number of hydrogen-bond acceptors (Lipinski definition) is 3. The first kappa shape index (κ1) is 15.8. The normalized spacial score (nSPS) is 21.1. The van der Waals surface area contributed by atoms with Gasteiger partial charge in [-0.1, -0.05) is 18.5 Å². The van der Waals surface area contributed by atoms with Gasteiger partial charge in [-0.3, -0.25) is 9.59 Å². The molecule has 2 rings (SSSR count). The van der Waals surface area contributed by atoms with Crippen LogP contribution in [-0.2, 0) is 4.79 Å². The Morgan fingerprint density at radius 1 is 1.33 bits per heavy atom. The van der Waals surface area contributed by atoms with Gasteiger partial charge in [0, 0.05) is 26.3 Å². The van der Waals surface area contributed by atoms with Gasteiger partial charge >= 0.3 is 0 Å². The molecule has 6 heteroatoms. The average Bonchev–Trinajstić information content (AvgIpc) is 2.86. The van der Waals surface area contributed by atoms with Crippen LogP contribution in [0.3, 0.4) is 0 Å². The highest BCUT2D eigenvalue weighted by molar-refractivity contribution is 6.34. The number of carbonyl (C=O) groups excluding carboxylic acids is 2. The van der Waals surface area contributed by atoms with Crippen LogP contribution >= 0.6 is 11.6 Å². The summed E-state index contributed by atoms with van der Waals surface area (Å²) < 4.78 is 0. The minimum absolute atomic E-state index is 0.0296. The van der Waals surface area contributed by atoms with Gasteiger partial charge in [0.05, 0.1) is 16.5 Å². The summed E-state index contributed by atoms with van der Waals surface area (Å²) in [5.74, 6) is 0.0407. The lowest BCUT2D eigenvalue weighted by molar-refractivity contribution is -0.120. The standard InChI is InChI=1S/C15H20ClN3O2/c1-9-7-17-8-12(9)14(20)18-10-4-5-13(16)11(6-10)15(21)19(2)3/h4-6,9,12,17H,7-8H2,1-3H3,(H,18,20)/t9-,12-/m1/s1. The van der Waals surface area contributed by atoms with Crippen LogP contribution in [0, 0.1) is 11.8 Å². The first-order valence-corrected chi connectivity index (χ1v) is 7.30. The number of amides is 2. The summed E-state index contributed by atoms with van der Waals surface area (Å²) in [6.07, 6.45) is 0. The largest absolute Gasteiger partial charge is 0.345 e. The van der Waals surface area contributed by atoms with Crippen molar-refractivity contribution in [3.05, 3.63) is 28.8 Å². The molecule has 0 unspecified atom stereocenters. The average molecular weight is 310 g/mol. The van der Waals surface area contributed by atoms with E-state index in [1.165, 1.54) is 4.90 Å². The molecule has 1 aromatic rings. The SMILES string of the molecule is C[C@@H]1CNC[C@H]1C(=O)Nc1ccc(Cl)c(C(=O)N(C)C)c1. The zero-order chi connectivity index (χ0) is 15.6. The molecule has 2 amide bonds. The summed E-state index contributed by atoms with van der Waals surface area (Å²) in [6, 6.07) is 4.96. The van der Waals surface area contributed by atoms with Crippen molar-refractivity contribution in [2.45, 2.75) is 6.92 Å². The Morgan fingerprint density at radius 3 is 2.62 bits per heavy atom. The molecule has 1 fully saturated rings. The maximum Gasteiger partial charge on any atom is 0.254 e. The fraction of sp³-hybridized carbons (Fsp3) is 0.467. The lowest BCUT2D eigenvalue weighted by Crippen LogP contribution is -2.28. The minimum atomic E-state index is -0.188. The number of anilines is 1. The zero-order valence-electron chi connectivity index (χ0n) is 12.4.